The van der Waals surface area contributed by atoms with Crippen LogP contribution >= 0.6 is 0 Å². The molecule has 0 aliphatic rings. The third-order valence-corrected chi connectivity index (χ3v) is 2.95. The molecular formula is C13H21NO3. The summed E-state index contributed by atoms with van der Waals surface area (Å²) in [5.74, 6) is 0.896. The van der Waals surface area contributed by atoms with Gasteiger partial charge in [-0.05, 0) is 26.0 Å². The number of nitrogens with zero attached hydrogens (tertiary/aromatic N) is 1. The van der Waals surface area contributed by atoms with Gasteiger partial charge in [0.2, 0.25) is 0 Å². The average Bonchev–Trinajstić information content (AvgIpc) is 2.59. The molecule has 0 saturated heterocycles. The summed E-state index contributed by atoms with van der Waals surface area (Å²) in [6.45, 7) is 7.68. The lowest BCUT2D eigenvalue weighted by molar-refractivity contribution is 0.0695. The number of carboxylic acid groups (broad SMARTS) is 1. The number of furan rings is 1. The van der Waals surface area contributed by atoms with Crippen molar-refractivity contribution in [3.05, 3.63) is 23.2 Å². The van der Waals surface area contributed by atoms with Crippen molar-refractivity contribution in [1.82, 2.24) is 4.90 Å². The predicted molar refractivity (Wildman–Crippen MR) is 66.2 cm³/mol. The molecule has 4 nitrogen and oxygen atoms in total. The lowest BCUT2D eigenvalue weighted by Crippen LogP contribution is -2.23. The largest absolute Gasteiger partial charge is 0.478 e. The molecule has 0 amide bonds. The van der Waals surface area contributed by atoms with Crippen LogP contribution in [0, 0.1) is 12.8 Å². The van der Waals surface area contributed by atoms with Crippen LogP contribution in [0.1, 0.15) is 42.1 Å². The summed E-state index contributed by atoms with van der Waals surface area (Å²) < 4.78 is 5.44. The lowest BCUT2D eigenvalue weighted by atomic mass is 10.1. The zero-order valence-corrected chi connectivity index (χ0v) is 11.0. The molecule has 0 radical (unpaired) electrons. The first-order chi connectivity index (χ1) is 7.93. The molecule has 0 saturated carbocycles. The number of hydrogen-bond donors (Lipinski definition) is 1. The molecule has 17 heavy (non-hydrogen) atoms. The number of hydrogen-bond acceptors (Lipinski definition) is 3. The second-order valence-corrected chi connectivity index (χ2v) is 4.70. The first kappa shape index (κ1) is 13.8. The van der Waals surface area contributed by atoms with Gasteiger partial charge in [0.05, 0.1) is 6.54 Å². The Hall–Kier alpha value is -1.29. The third kappa shape index (κ3) is 3.89. The highest BCUT2D eigenvalue weighted by Crippen LogP contribution is 2.16. The molecule has 96 valence electrons. The van der Waals surface area contributed by atoms with Crippen molar-refractivity contribution >= 4 is 5.97 Å². The molecule has 1 rings (SSSR count). The predicted octanol–water partition coefficient (Wildman–Crippen LogP) is 2.76. The molecule has 0 aromatic carbocycles. The van der Waals surface area contributed by atoms with Gasteiger partial charge in [0, 0.05) is 6.54 Å². The van der Waals surface area contributed by atoms with Crippen LogP contribution in [-0.4, -0.2) is 29.6 Å². The van der Waals surface area contributed by atoms with Crippen LogP contribution < -0.4 is 0 Å². The van der Waals surface area contributed by atoms with Crippen LogP contribution in [0.4, 0.5) is 0 Å². The third-order valence-electron chi connectivity index (χ3n) is 2.95. The molecule has 1 heterocycles. The van der Waals surface area contributed by atoms with E-state index >= 15 is 0 Å². The lowest BCUT2D eigenvalue weighted by Gasteiger charge is -2.18. The minimum Gasteiger partial charge on any atom is -0.478 e. The van der Waals surface area contributed by atoms with Gasteiger partial charge in [-0.3, -0.25) is 4.90 Å². The van der Waals surface area contributed by atoms with E-state index in [4.69, 9.17) is 9.52 Å². The monoisotopic (exact) mass is 239 g/mol. The van der Waals surface area contributed by atoms with Crippen LogP contribution in [0.3, 0.4) is 0 Å². The number of aryl methyl sites for hydroxylation is 1. The molecule has 1 aromatic rings. The highest BCUT2D eigenvalue weighted by atomic mass is 16.4. The molecule has 4 heteroatoms. The fraction of sp³-hybridized carbons (Fsp3) is 0.615. The molecule has 0 bridgehead atoms. The topological polar surface area (TPSA) is 53.7 Å². The van der Waals surface area contributed by atoms with Crippen LogP contribution in [-0.2, 0) is 6.54 Å². The van der Waals surface area contributed by atoms with Crippen molar-refractivity contribution in [1.29, 1.82) is 0 Å². The fourth-order valence-electron chi connectivity index (χ4n) is 1.83. The Bertz CT molecular complexity index is 384. The summed E-state index contributed by atoms with van der Waals surface area (Å²) in [5, 5.41) is 8.92. The Morgan fingerprint density at radius 1 is 1.59 bits per heavy atom. The smallest absolute Gasteiger partial charge is 0.339 e. The van der Waals surface area contributed by atoms with E-state index in [1.165, 1.54) is 0 Å². The Kier molecular flexibility index (Phi) is 4.75. The summed E-state index contributed by atoms with van der Waals surface area (Å²) in [6.07, 6.45) is 1.14. The summed E-state index contributed by atoms with van der Waals surface area (Å²) in [7, 11) is 2.02. The highest BCUT2D eigenvalue weighted by molar-refractivity contribution is 5.88. The van der Waals surface area contributed by atoms with Gasteiger partial charge in [0.15, 0.2) is 0 Å². The standard InChI is InChI=1S/C13H21NO3/c1-5-9(2)7-14(4)8-11-6-12(13(15)16)10(3)17-11/h6,9H,5,7-8H2,1-4H3,(H,15,16). The van der Waals surface area contributed by atoms with Crippen molar-refractivity contribution in [3.8, 4) is 0 Å². The van der Waals surface area contributed by atoms with Gasteiger partial charge in [-0.2, -0.15) is 0 Å². The molecule has 0 spiro atoms. The van der Waals surface area contributed by atoms with Crippen LogP contribution in [0.25, 0.3) is 0 Å². The van der Waals surface area contributed by atoms with E-state index < -0.39 is 5.97 Å². The first-order valence-electron chi connectivity index (χ1n) is 5.95. The normalized spacial score (nSPS) is 13.0. The molecule has 0 fully saturated rings. The Labute approximate surface area is 102 Å². The Balaban J connectivity index is 2.63. The molecule has 0 aliphatic carbocycles. The summed E-state index contributed by atoms with van der Waals surface area (Å²) in [6, 6.07) is 1.62. The zero-order chi connectivity index (χ0) is 13.0. The van der Waals surface area contributed by atoms with Gasteiger partial charge < -0.3 is 9.52 Å². The van der Waals surface area contributed by atoms with Crippen molar-refractivity contribution in [2.24, 2.45) is 5.92 Å². The van der Waals surface area contributed by atoms with E-state index in [2.05, 4.69) is 18.7 Å². The molecule has 1 atom stereocenters. The number of rotatable bonds is 6. The fourth-order valence-corrected chi connectivity index (χ4v) is 1.83. The molecule has 0 aliphatic heterocycles. The summed E-state index contributed by atoms with van der Waals surface area (Å²) in [5.41, 5.74) is 0.261. The zero-order valence-electron chi connectivity index (χ0n) is 11.0. The number of carboxylic acids is 1. The SMILES string of the molecule is CCC(C)CN(C)Cc1cc(C(=O)O)c(C)o1. The van der Waals surface area contributed by atoms with E-state index in [0.717, 1.165) is 13.0 Å². The van der Waals surface area contributed by atoms with Crippen LogP contribution in [0.15, 0.2) is 10.5 Å². The highest BCUT2D eigenvalue weighted by Gasteiger charge is 2.15. The summed E-state index contributed by atoms with van der Waals surface area (Å²) in [4.78, 5) is 13.0. The summed E-state index contributed by atoms with van der Waals surface area (Å²) >= 11 is 0. The maximum atomic E-state index is 10.9. The van der Waals surface area contributed by atoms with Gasteiger partial charge >= 0.3 is 5.97 Å². The Morgan fingerprint density at radius 2 is 2.24 bits per heavy atom. The van der Waals surface area contributed by atoms with Crippen LogP contribution in [0.2, 0.25) is 0 Å². The van der Waals surface area contributed by atoms with Gasteiger partial charge in [-0.15, -0.1) is 0 Å². The second kappa shape index (κ2) is 5.87. The van der Waals surface area contributed by atoms with Gasteiger partial charge in [-0.1, -0.05) is 20.3 Å². The molecule has 1 N–H and O–H groups in total. The molecule has 1 aromatic heterocycles. The van der Waals surface area contributed by atoms with Gasteiger partial charge in [0.25, 0.3) is 0 Å². The minimum absolute atomic E-state index is 0.261. The van der Waals surface area contributed by atoms with Crippen molar-refractivity contribution in [3.63, 3.8) is 0 Å². The van der Waals surface area contributed by atoms with Crippen molar-refractivity contribution in [2.75, 3.05) is 13.6 Å². The quantitative estimate of drug-likeness (QED) is 0.829. The first-order valence-corrected chi connectivity index (χ1v) is 5.95. The van der Waals surface area contributed by atoms with Crippen molar-refractivity contribution in [2.45, 2.75) is 33.7 Å². The maximum absolute atomic E-state index is 10.9. The van der Waals surface area contributed by atoms with E-state index in [0.29, 0.717) is 24.0 Å². The average molecular weight is 239 g/mol. The van der Waals surface area contributed by atoms with E-state index in [9.17, 15) is 4.79 Å². The van der Waals surface area contributed by atoms with Crippen molar-refractivity contribution < 1.29 is 14.3 Å². The van der Waals surface area contributed by atoms with E-state index in [-0.39, 0.29) is 5.56 Å². The minimum atomic E-state index is -0.929. The number of aromatic carboxylic acids is 1. The van der Waals surface area contributed by atoms with Gasteiger partial charge in [-0.25, -0.2) is 4.79 Å². The van der Waals surface area contributed by atoms with E-state index in [1.807, 2.05) is 7.05 Å². The van der Waals surface area contributed by atoms with Crippen LogP contribution in [0.5, 0.6) is 0 Å². The van der Waals surface area contributed by atoms with E-state index in [1.54, 1.807) is 13.0 Å². The van der Waals surface area contributed by atoms with Gasteiger partial charge in [0.1, 0.15) is 17.1 Å². The second-order valence-electron chi connectivity index (χ2n) is 4.70. The Morgan fingerprint density at radius 3 is 2.71 bits per heavy atom. The number of carbonyl (C=O) groups is 1. The molecular weight excluding hydrogens is 218 g/mol. The molecule has 1 unspecified atom stereocenters. The maximum Gasteiger partial charge on any atom is 0.339 e.